The molecule has 0 unspecified atom stereocenters. The van der Waals surface area contributed by atoms with Crippen LogP contribution in [-0.2, 0) is 0 Å². The van der Waals surface area contributed by atoms with Gasteiger partial charge in [-0.05, 0) is 0 Å². The molecule has 0 atom stereocenters. The Bertz CT molecular complexity index is 610. The molecule has 1 aromatic carbocycles. The van der Waals surface area contributed by atoms with Crippen molar-refractivity contribution in [3.05, 3.63) is 103 Å². The molecule has 0 radical (unpaired) electrons. The maximum absolute atomic E-state index is 2.87. The molecule has 3 aliphatic rings. The van der Waals surface area contributed by atoms with E-state index >= 15 is 0 Å². The van der Waals surface area contributed by atoms with E-state index in [0.29, 0.717) is 11.8 Å². The van der Waals surface area contributed by atoms with Crippen molar-refractivity contribution in [2.45, 2.75) is 11.8 Å². The monoisotopic (exact) mass is 392 g/mol. The fraction of sp³-hybridized carbons (Fsp3) is 0.143. The summed E-state index contributed by atoms with van der Waals surface area (Å²) in [6.45, 7) is 0. The van der Waals surface area contributed by atoms with E-state index in [1.165, 1.54) is 0 Å². The number of rotatable bonds is 4. The molecular formula is C21H20Sn. The first-order valence-corrected chi connectivity index (χ1v) is 14.4. The van der Waals surface area contributed by atoms with Crippen molar-refractivity contribution in [1.29, 1.82) is 0 Å². The predicted molar refractivity (Wildman–Crippen MR) is 97.9 cm³/mol. The van der Waals surface area contributed by atoms with Crippen LogP contribution in [0, 0.1) is 0 Å². The molecule has 0 aliphatic heterocycles. The number of benzene rings is 1. The molecule has 0 N–H and O–H groups in total. The fourth-order valence-electron chi connectivity index (χ4n) is 4.22. The zero-order valence-electron chi connectivity index (χ0n) is 12.5. The SMILES string of the molecule is C1=C[CH]([Sn]([c]2ccccc2)([CH]2C=CC=C2)[CH]2C=CC=C2)C=C1. The van der Waals surface area contributed by atoms with Crippen molar-refractivity contribution in [2.24, 2.45) is 0 Å². The topological polar surface area (TPSA) is 0 Å². The van der Waals surface area contributed by atoms with Crippen LogP contribution in [0.1, 0.15) is 0 Å². The summed E-state index contributed by atoms with van der Waals surface area (Å²) in [6, 6.07) is 11.3. The molecular weight excluding hydrogens is 371 g/mol. The first-order valence-electron chi connectivity index (χ1n) is 8.03. The van der Waals surface area contributed by atoms with E-state index in [9.17, 15) is 0 Å². The summed E-state index contributed by atoms with van der Waals surface area (Å²) < 4.78 is 3.48. The first-order chi connectivity index (χ1) is 10.9. The third-order valence-corrected chi connectivity index (χ3v) is 21.7. The molecule has 1 heteroatoms. The molecule has 0 heterocycles. The molecule has 4 rings (SSSR count). The van der Waals surface area contributed by atoms with Crippen LogP contribution in [-0.4, -0.2) is 18.4 Å². The van der Waals surface area contributed by atoms with E-state index in [1.54, 1.807) is 3.58 Å². The van der Waals surface area contributed by atoms with Crippen LogP contribution >= 0.6 is 0 Å². The van der Waals surface area contributed by atoms with Crippen molar-refractivity contribution in [3.8, 4) is 0 Å². The minimum atomic E-state index is -2.87. The average molecular weight is 391 g/mol. The van der Waals surface area contributed by atoms with Gasteiger partial charge < -0.3 is 0 Å². The average Bonchev–Trinajstić information content (AvgIpc) is 3.34. The van der Waals surface area contributed by atoms with Crippen molar-refractivity contribution < 1.29 is 0 Å². The Morgan fingerprint density at radius 2 is 0.864 bits per heavy atom. The number of hydrogen-bond acceptors (Lipinski definition) is 0. The van der Waals surface area contributed by atoms with Gasteiger partial charge in [-0.2, -0.15) is 0 Å². The first kappa shape index (κ1) is 14.1. The van der Waals surface area contributed by atoms with Crippen LogP contribution in [0.4, 0.5) is 0 Å². The van der Waals surface area contributed by atoms with Gasteiger partial charge in [0.15, 0.2) is 0 Å². The predicted octanol–water partition coefficient (Wildman–Crippen LogP) is 4.83. The van der Waals surface area contributed by atoms with Crippen molar-refractivity contribution in [2.75, 3.05) is 0 Å². The van der Waals surface area contributed by atoms with Gasteiger partial charge in [0.1, 0.15) is 0 Å². The third kappa shape index (κ3) is 2.12. The van der Waals surface area contributed by atoms with Gasteiger partial charge in [-0.15, -0.1) is 0 Å². The van der Waals surface area contributed by atoms with E-state index in [-0.39, 0.29) is 0 Å². The standard InChI is InChI=1S/C6H5.3C5H5.Sn/c1-2-4-6-5-3-1;3*1-2-4-5-3-1;/h1-5H;3*1-5H;. The minimum absolute atomic E-state index is 0.617. The Kier molecular flexibility index (Phi) is 3.79. The van der Waals surface area contributed by atoms with Crippen LogP contribution < -0.4 is 3.58 Å². The molecule has 1 aromatic rings. The summed E-state index contributed by atoms with van der Waals surface area (Å²) in [6.07, 6.45) is 28.1. The Balaban J connectivity index is 1.95. The molecule has 0 saturated heterocycles. The second-order valence-corrected chi connectivity index (χ2v) is 18.9. The summed E-state index contributed by atoms with van der Waals surface area (Å²) in [5, 5.41) is 0. The molecule has 108 valence electrons. The second-order valence-electron chi connectivity index (χ2n) is 6.19. The Morgan fingerprint density at radius 3 is 1.23 bits per heavy atom. The molecule has 0 saturated carbocycles. The summed E-state index contributed by atoms with van der Waals surface area (Å²) in [4.78, 5) is 0. The Hall–Kier alpha value is -1.54. The van der Waals surface area contributed by atoms with E-state index in [1.807, 2.05) is 0 Å². The summed E-state index contributed by atoms with van der Waals surface area (Å²) in [5.74, 6) is 0. The van der Waals surface area contributed by atoms with Crippen LogP contribution in [0.25, 0.3) is 0 Å². The van der Waals surface area contributed by atoms with Crippen molar-refractivity contribution in [1.82, 2.24) is 0 Å². The maximum atomic E-state index is 2.45. The van der Waals surface area contributed by atoms with Gasteiger partial charge in [0.2, 0.25) is 0 Å². The van der Waals surface area contributed by atoms with Gasteiger partial charge in [-0.3, -0.25) is 0 Å². The van der Waals surface area contributed by atoms with Gasteiger partial charge >= 0.3 is 137 Å². The zero-order chi connectivity index (χ0) is 14.8. The van der Waals surface area contributed by atoms with Crippen molar-refractivity contribution >= 4 is 22.0 Å². The van der Waals surface area contributed by atoms with E-state index in [4.69, 9.17) is 0 Å². The molecule has 22 heavy (non-hydrogen) atoms. The Morgan fingerprint density at radius 1 is 0.500 bits per heavy atom. The van der Waals surface area contributed by atoms with Crippen LogP contribution in [0.15, 0.2) is 103 Å². The quantitative estimate of drug-likeness (QED) is 0.646. The molecule has 0 fully saturated rings. The number of allylic oxidation sites excluding steroid dienone is 12. The summed E-state index contributed by atoms with van der Waals surface area (Å²) in [7, 11) is 0. The third-order valence-electron chi connectivity index (χ3n) is 5.17. The van der Waals surface area contributed by atoms with E-state index in [2.05, 4.69) is 103 Å². The van der Waals surface area contributed by atoms with Gasteiger partial charge in [0.25, 0.3) is 0 Å². The van der Waals surface area contributed by atoms with Gasteiger partial charge in [0, 0.05) is 0 Å². The summed E-state index contributed by atoms with van der Waals surface area (Å²) in [5.41, 5.74) is 0. The van der Waals surface area contributed by atoms with Gasteiger partial charge in [-0.25, -0.2) is 0 Å². The van der Waals surface area contributed by atoms with Crippen LogP contribution in [0.5, 0.6) is 0 Å². The molecule has 0 bridgehead atoms. The Labute approximate surface area is 136 Å². The van der Waals surface area contributed by atoms with E-state index in [0.717, 1.165) is 0 Å². The molecule has 0 spiro atoms. The number of hydrogen-bond donors (Lipinski definition) is 0. The van der Waals surface area contributed by atoms with Gasteiger partial charge in [0.05, 0.1) is 0 Å². The molecule has 3 aliphatic carbocycles. The summed E-state index contributed by atoms with van der Waals surface area (Å²) >= 11 is -2.87. The van der Waals surface area contributed by atoms with Crippen LogP contribution in [0.2, 0.25) is 11.8 Å². The van der Waals surface area contributed by atoms with E-state index < -0.39 is 18.4 Å². The zero-order valence-corrected chi connectivity index (χ0v) is 15.4. The van der Waals surface area contributed by atoms with Crippen LogP contribution in [0.3, 0.4) is 0 Å². The fourth-order valence-corrected chi connectivity index (χ4v) is 20.9. The van der Waals surface area contributed by atoms with Gasteiger partial charge in [-0.1, -0.05) is 0 Å². The normalized spacial score (nSPS) is 20.9. The molecule has 0 amide bonds. The second kappa shape index (κ2) is 5.92. The van der Waals surface area contributed by atoms with Crippen molar-refractivity contribution in [3.63, 3.8) is 0 Å². The molecule has 0 aromatic heterocycles. The molecule has 0 nitrogen and oxygen atoms in total.